The van der Waals surface area contributed by atoms with Gasteiger partial charge < -0.3 is 5.11 Å². The van der Waals surface area contributed by atoms with E-state index in [9.17, 15) is 13.2 Å². The molecule has 0 amide bonds. The van der Waals surface area contributed by atoms with Crippen LogP contribution in [0.15, 0.2) is 9.72 Å². The number of rotatable bonds is 8. The van der Waals surface area contributed by atoms with E-state index in [0.29, 0.717) is 12.6 Å². The zero-order chi connectivity index (χ0) is 14.8. The molecule has 0 unspecified atom stereocenters. The topological polar surface area (TPSA) is 99.6 Å². The molecule has 0 atom stereocenters. The maximum Gasteiger partial charge on any atom is 0.356 e. The second kappa shape index (κ2) is 6.17. The van der Waals surface area contributed by atoms with Gasteiger partial charge in [-0.1, -0.05) is 6.92 Å². The van der Waals surface area contributed by atoms with Crippen LogP contribution in [-0.4, -0.2) is 55.1 Å². The molecule has 1 aromatic rings. The van der Waals surface area contributed by atoms with Crippen LogP contribution in [0.2, 0.25) is 0 Å². The van der Waals surface area contributed by atoms with Gasteiger partial charge >= 0.3 is 5.97 Å². The predicted octanol–water partition coefficient (Wildman–Crippen LogP) is 0.604. The molecule has 0 aromatic carbocycles. The van der Waals surface area contributed by atoms with E-state index in [0.717, 1.165) is 17.9 Å². The number of nitrogens with one attached hydrogen (secondary N) is 1. The molecule has 1 saturated carbocycles. The summed E-state index contributed by atoms with van der Waals surface area (Å²) in [5.41, 5.74) is 0.803. The van der Waals surface area contributed by atoms with Crippen LogP contribution < -0.4 is 4.72 Å². The van der Waals surface area contributed by atoms with Crippen LogP contribution in [0.1, 0.15) is 30.3 Å². The quantitative estimate of drug-likeness (QED) is 0.728. The summed E-state index contributed by atoms with van der Waals surface area (Å²) in [5, 5.41) is 8.89. The Morgan fingerprint density at radius 1 is 1.60 bits per heavy atom. The number of aromatic nitrogens is 1. The summed E-state index contributed by atoms with van der Waals surface area (Å²) in [6, 6.07) is 0.572. The van der Waals surface area contributed by atoms with E-state index in [1.54, 1.807) is 0 Å². The van der Waals surface area contributed by atoms with E-state index in [1.165, 1.54) is 18.4 Å². The van der Waals surface area contributed by atoms with Gasteiger partial charge in [0.25, 0.3) is 10.0 Å². The van der Waals surface area contributed by atoms with Crippen LogP contribution in [-0.2, 0) is 10.0 Å². The third kappa shape index (κ3) is 3.54. The summed E-state index contributed by atoms with van der Waals surface area (Å²) in [7, 11) is -3.80. The van der Waals surface area contributed by atoms with Gasteiger partial charge in [0.2, 0.25) is 0 Å². The molecule has 1 aromatic heterocycles. The summed E-state index contributed by atoms with van der Waals surface area (Å²) in [5.74, 6) is -1.33. The molecule has 1 fully saturated rings. The SMILES string of the molecule is CCN(CCNS(=O)(=O)c1scnc1C(=O)O)C1CC1. The molecule has 112 valence electrons. The van der Waals surface area contributed by atoms with Gasteiger partial charge in [-0.25, -0.2) is 22.9 Å². The Morgan fingerprint density at radius 2 is 2.30 bits per heavy atom. The average molecular weight is 319 g/mol. The summed E-state index contributed by atoms with van der Waals surface area (Å²) in [6.45, 7) is 3.82. The monoisotopic (exact) mass is 319 g/mol. The molecule has 20 heavy (non-hydrogen) atoms. The van der Waals surface area contributed by atoms with Crippen molar-refractivity contribution >= 4 is 27.3 Å². The van der Waals surface area contributed by atoms with Crippen LogP contribution in [0.4, 0.5) is 0 Å². The van der Waals surface area contributed by atoms with Crippen molar-refractivity contribution in [1.82, 2.24) is 14.6 Å². The van der Waals surface area contributed by atoms with Crippen LogP contribution in [0.5, 0.6) is 0 Å². The normalized spacial score (nSPS) is 15.7. The van der Waals surface area contributed by atoms with Crippen molar-refractivity contribution in [3.05, 3.63) is 11.2 Å². The van der Waals surface area contributed by atoms with Crippen LogP contribution in [0.3, 0.4) is 0 Å². The number of thiazole rings is 1. The first-order valence-electron chi connectivity index (χ1n) is 6.36. The first kappa shape index (κ1) is 15.4. The number of likely N-dealkylation sites (N-methyl/N-ethyl adjacent to an activating group) is 1. The lowest BCUT2D eigenvalue weighted by Crippen LogP contribution is -2.36. The number of carboxylic acid groups (broad SMARTS) is 1. The Bertz CT molecular complexity index is 580. The maximum atomic E-state index is 12.1. The minimum absolute atomic E-state index is 0.237. The molecular formula is C11H17N3O4S2. The molecule has 1 heterocycles. The lowest BCUT2D eigenvalue weighted by Gasteiger charge is -2.19. The van der Waals surface area contributed by atoms with Crippen molar-refractivity contribution in [3.63, 3.8) is 0 Å². The number of carboxylic acids is 1. The zero-order valence-electron chi connectivity index (χ0n) is 11.1. The fraction of sp³-hybridized carbons (Fsp3) is 0.636. The smallest absolute Gasteiger partial charge is 0.356 e. The Balaban J connectivity index is 1.96. The van der Waals surface area contributed by atoms with E-state index in [-0.39, 0.29) is 10.8 Å². The molecule has 1 aliphatic rings. The molecule has 1 aliphatic carbocycles. The fourth-order valence-corrected chi connectivity index (χ4v) is 4.20. The Kier molecular flexibility index (Phi) is 4.74. The Labute approximate surface area is 121 Å². The first-order valence-corrected chi connectivity index (χ1v) is 8.72. The van der Waals surface area contributed by atoms with E-state index >= 15 is 0 Å². The highest BCUT2D eigenvalue weighted by molar-refractivity contribution is 7.91. The number of hydrogen-bond acceptors (Lipinski definition) is 6. The standard InChI is InChI=1S/C11H17N3O4S2/c1-2-14(8-3-4-8)6-5-13-20(17,18)11-9(10(15)16)12-7-19-11/h7-8,13H,2-6H2,1H3,(H,15,16). The molecule has 0 aliphatic heterocycles. The maximum absolute atomic E-state index is 12.1. The largest absolute Gasteiger partial charge is 0.476 e. The number of sulfonamides is 1. The van der Waals surface area contributed by atoms with Crippen molar-refractivity contribution in [3.8, 4) is 0 Å². The van der Waals surface area contributed by atoms with E-state index in [1.807, 2.05) is 6.92 Å². The molecule has 2 N–H and O–H groups in total. The van der Waals surface area contributed by atoms with Crippen molar-refractivity contribution in [1.29, 1.82) is 0 Å². The number of aromatic carboxylic acids is 1. The average Bonchev–Trinajstić information content (AvgIpc) is 3.08. The Hall–Kier alpha value is -1.03. The van der Waals surface area contributed by atoms with Gasteiger partial charge in [-0.05, 0) is 19.4 Å². The summed E-state index contributed by atoms with van der Waals surface area (Å²) in [4.78, 5) is 16.7. The van der Waals surface area contributed by atoms with Gasteiger partial charge in [-0.15, -0.1) is 11.3 Å². The fourth-order valence-electron chi connectivity index (χ4n) is 2.00. The van der Waals surface area contributed by atoms with Crippen LogP contribution >= 0.6 is 11.3 Å². The lowest BCUT2D eigenvalue weighted by atomic mass is 10.4. The summed E-state index contributed by atoms with van der Waals surface area (Å²) >= 11 is 0.812. The molecule has 0 radical (unpaired) electrons. The van der Waals surface area contributed by atoms with E-state index in [2.05, 4.69) is 14.6 Å². The van der Waals surface area contributed by atoms with Gasteiger partial charge in [-0.3, -0.25) is 4.90 Å². The van der Waals surface area contributed by atoms with Gasteiger partial charge in [-0.2, -0.15) is 0 Å². The predicted molar refractivity (Wildman–Crippen MR) is 74.5 cm³/mol. The highest BCUT2D eigenvalue weighted by Gasteiger charge is 2.29. The van der Waals surface area contributed by atoms with E-state index < -0.39 is 21.7 Å². The minimum atomic E-state index is -3.80. The van der Waals surface area contributed by atoms with Crippen LogP contribution in [0, 0.1) is 0 Å². The highest BCUT2D eigenvalue weighted by atomic mass is 32.2. The molecule has 0 saturated heterocycles. The number of carbonyl (C=O) groups is 1. The van der Waals surface area contributed by atoms with Gasteiger partial charge in [0, 0.05) is 19.1 Å². The Morgan fingerprint density at radius 3 is 2.85 bits per heavy atom. The van der Waals surface area contributed by atoms with E-state index in [4.69, 9.17) is 5.11 Å². The minimum Gasteiger partial charge on any atom is -0.476 e. The third-order valence-corrected chi connectivity index (χ3v) is 5.97. The summed E-state index contributed by atoms with van der Waals surface area (Å²) in [6.07, 6.45) is 2.33. The third-order valence-electron chi connectivity index (χ3n) is 3.14. The number of nitrogens with zero attached hydrogens (tertiary/aromatic N) is 2. The van der Waals surface area contributed by atoms with Gasteiger partial charge in [0.05, 0.1) is 5.51 Å². The molecule has 7 nitrogen and oxygen atoms in total. The second-order valence-electron chi connectivity index (χ2n) is 4.55. The molecule has 2 rings (SSSR count). The van der Waals surface area contributed by atoms with Crippen LogP contribution in [0.25, 0.3) is 0 Å². The van der Waals surface area contributed by atoms with Gasteiger partial charge in [0.1, 0.15) is 0 Å². The van der Waals surface area contributed by atoms with Crippen molar-refractivity contribution in [2.24, 2.45) is 0 Å². The van der Waals surface area contributed by atoms with Crippen molar-refractivity contribution < 1.29 is 18.3 Å². The molecule has 0 bridgehead atoms. The summed E-state index contributed by atoms with van der Waals surface area (Å²) < 4.78 is 26.3. The van der Waals surface area contributed by atoms with Gasteiger partial charge in [0.15, 0.2) is 9.90 Å². The zero-order valence-corrected chi connectivity index (χ0v) is 12.7. The molecular weight excluding hydrogens is 302 g/mol. The second-order valence-corrected chi connectivity index (χ2v) is 7.37. The number of hydrogen-bond donors (Lipinski definition) is 2. The highest BCUT2D eigenvalue weighted by Crippen LogP contribution is 2.26. The van der Waals surface area contributed by atoms with Crippen molar-refractivity contribution in [2.45, 2.75) is 30.0 Å². The lowest BCUT2D eigenvalue weighted by molar-refractivity contribution is 0.0687. The first-order chi connectivity index (χ1) is 9.45. The molecule has 0 spiro atoms. The van der Waals surface area contributed by atoms with Crippen molar-refractivity contribution in [2.75, 3.05) is 19.6 Å². The molecule has 9 heteroatoms.